The molecular weight excluding hydrogens is 827 g/mol. The van der Waals surface area contributed by atoms with E-state index in [1.54, 1.807) is 58.2 Å². The van der Waals surface area contributed by atoms with E-state index in [-0.39, 0.29) is 28.7 Å². The maximum atomic E-state index is 13.1. The van der Waals surface area contributed by atoms with Gasteiger partial charge in [0.15, 0.2) is 0 Å². The van der Waals surface area contributed by atoms with Gasteiger partial charge in [-0.25, -0.2) is 4.98 Å². The smallest absolute Gasteiger partial charge is 0.149 e. The van der Waals surface area contributed by atoms with Crippen LogP contribution in [0.3, 0.4) is 0 Å². The fourth-order valence-corrected chi connectivity index (χ4v) is 8.54. The van der Waals surface area contributed by atoms with Crippen LogP contribution in [0.25, 0.3) is 72.7 Å². The lowest BCUT2D eigenvalue weighted by molar-refractivity contribution is 0.446. The minimum atomic E-state index is -4.26. The molecule has 0 spiro atoms. The SMILES string of the molecule is [2H]C([2H])([2H])c1cc(-c2cc(C(C)C)cc(C([2H])(C)C)c2)ccc1-n1c(-c2cc(C(C([2H])([2H])[2H])(C([2H])([2H])[2H])C([2H])([2H])[2H])cc(C(C([2H])([2H])[2H])(C([2H])([2H])[2H])C([2H])([2H])[2H])c2O)nc2c(-c3cc(-c4cc(-c5ccc(C([2H])(C)C)cc5)ccn4)cc(C(C)(C)C)c3)cccc21. The van der Waals surface area contributed by atoms with Crippen LogP contribution < -0.4 is 0 Å². The van der Waals surface area contributed by atoms with Crippen LogP contribution in [0.5, 0.6) is 5.75 Å². The summed E-state index contributed by atoms with van der Waals surface area (Å²) in [5.41, 5.74) is -6.02. The number of phenolic OH excluding ortho intramolecular Hbond substituents is 1. The molecule has 0 aliphatic rings. The maximum absolute atomic E-state index is 13.1. The Labute approximate surface area is 439 Å². The average Bonchev–Trinajstić information content (AvgIpc) is 1.10. The van der Waals surface area contributed by atoms with E-state index in [0.717, 1.165) is 27.8 Å². The zero-order valence-corrected chi connectivity index (χ0v) is 40.0. The first-order valence-electron chi connectivity index (χ1n) is 34.1. The van der Waals surface area contributed by atoms with Gasteiger partial charge in [0.2, 0.25) is 0 Å². The Hall–Kier alpha value is -6.26. The lowest BCUT2D eigenvalue weighted by atomic mass is 9.79. The molecule has 0 atom stereocenters. The van der Waals surface area contributed by atoms with E-state index in [9.17, 15) is 9.22 Å². The Balaban J connectivity index is 1.60. The van der Waals surface area contributed by atoms with Crippen molar-refractivity contribution in [1.29, 1.82) is 0 Å². The minimum absolute atomic E-state index is 0.0155. The standard InChI is InChI=1S/C64H73N3O/c1-38(2)42-20-22-43(23-21-42)45-26-27-65-56(35-45)50-32-49(33-51(34-50)62(8,9)10)53-18-17-19-58-59(53)66-61(54-36-52(63(11,12)13)37-55(60(54)68)64(14,15)16)67(58)57-25-24-44(28-41(57)7)48-30-46(39(3)4)29-47(31-48)40(5)6/h17-40,68H,1-16H3/i7D3,11D3,12D3,13D3,14D3,15D3,16D3,38D,39D. The fraction of sp³-hybridized carbons (Fsp3) is 0.344. The van der Waals surface area contributed by atoms with Crippen molar-refractivity contribution in [3.8, 4) is 67.5 Å². The number of para-hydroxylation sites is 1. The molecule has 0 bridgehead atoms. The highest BCUT2D eigenvalue weighted by Gasteiger charge is 2.29. The molecule has 68 heavy (non-hydrogen) atoms. The van der Waals surface area contributed by atoms with Crippen LogP contribution in [-0.4, -0.2) is 19.6 Å². The summed E-state index contributed by atoms with van der Waals surface area (Å²) in [7, 11) is 0. The van der Waals surface area contributed by atoms with Gasteiger partial charge in [-0.3, -0.25) is 9.55 Å². The average molecular weight is 923 g/mol. The van der Waals surface area contributed by atoms with Crippen molar-refractivity contribution in [3.63, 3.8) is 0 Å². The van der Waals surface area contributed by atoms with Crippen LogP contribution in [0.15, 0.2) is 128 Å². The molecule has 2 aromatic heterocycles. The molecule has 1 N–H and O–H groups in total. The molecule has 2 heterocycles. The van der Waals surface area contributed by atoms with Gasteiger partial charge >= 0.3 is 0 Å². The van der Waals surface area contributed by atoms with Crippen LogP contribution in [0.2, 0.25) is 0 Å². The number of benzene rings is 6. The summed E-state index contributed by atoms with van der Waals surface area (Å²) in [6.45, 7) is -11.3. The van der Waals surface area contributed by atoms with Crippen molar-refractivity contribution in [1.82, 2.24) is 14.5 Å². The van der Waals surface area contributed by atoms with Crippen LogP contribution in [-0.2, 0) is 16.2 Å². The topological polar surface area (TPSA) is 50.9 Å². The molecule has 8 aromatic rings. The van der Waals surface area contributed by atoms with Crippen molar-refractivity contribution in [2.45, 2.75) is 144 Å². The van der Waals surface area contributed by atoms with Gasteiger partial charge < -0.3 is 5.11 Å². The molecule has 4 heteroatoms. The highest BCUT2D eigenvalue weighted by Crippen LogP contribution is 2.46. The largest absolute Gasteiger partial charge is 0.507 e. The summed E-state index contributed by atoms with van der Waals surface area (Å²) < 4.78 is 205. The van der Waals surface area contributed by atoms with Gasteiger partial charge in [-0.1, -0.05) is 176 Å². The number of phenols is 1. The molecule has 0 unspecified atom stereocenters. The Morgan fingerprint density at radius 3 is 1.88 bits per heavy atom. The molecule has 4 nitrogen and oxygen atoms in total. The molecule has 0 saturated carbocycles. The first-order chi connectivity index (χ1) is 41.2. The zero-order chi connectivity index (χ0) is 68.5. The number of hydrogen-bond acceptors (Lipinski definition) is 3. The lowest BCUT2D eigenvalue weighted by Crippen LogP contribution is -2.17. The number of rotatable bonds is 9. The molecule has 0 aliphatic heterocycles. The van der Waals surface area contributed by atoms with Gasteiger partial charge in [0.1, 0.15) is 11.6 Å². The summed E-state index contributed by atoms with van der Waals surface area (Å²) >= 11 is 0. The monoisotopic (exact) mass is 923 g/mol. The molecule has 0 amide bonds. The summed E-state index contributed by atoms with van der Waals surface area (Å²) in [6.07, 6.45) is 1.66. The second-order valence-electron chi connectivity index (χ2n) is 19.7. The number of aromatic hydroxyl groups is 1. The first kappa shape index (κ1) is 27.1. The van der Waals surface area contributed by atoms with E-state index in [1.165, 1.54) is 22.8 Å². The third-order valence-corrected chi connectivity index (χ3v) is 12.6. The molecule has 8 rings (SSSR count). The molecule has 0 fully saturated rings. The van der Waals surface area contributed by atoms with Crippen molar-refractivity contribution < 1.29 is 36.6 Å². The van der Waals surface area contributed by atoms with Crippen molar-refractivity contribution in [2.24, 2.45) is 0 Å². The summed E-state index contributed by atoms with van der Waals surface area (Å²) in [6, 6.07) is 32.5. The van der Waals surface area contributed by atoms with Crippen LogP contribution >= 0.6 is 0 Å². The van der Waals surface area contributed by atoms with Gasteiger partial charge in [0.05, 0.1) is 28.0 Å². The number of nitrogens with zero attached hydrogens (tertiary/aromatic N) is 3. The van der Waals surface area contributed by atoms with Gasteiger partial charge in [-0.05, 0) is 151 Å². The van der Waals surface area contributed by atoms with E-state index in [1.807, 2.05) is 101 Å². The predicted octanol–water partition coefficient (Wildman–Crippen LogP) is 18.0. The van der Waals surface area contributed by atoms with Crippen molar-refractivity contribution >= 4 is 11.0 Å². The third kappa shape index (κ3) is 9.57. The minimum Gasteiger partial charge on any atom is -0.507 e. The molecule has 0 saturated heterocycles. The Morgan fingerprint density at radius 1 is 0.559 bits per heavy atom. The molecule has 350 valence electrons. The van der Waals surface area contributed by atoms with Gasteiger partial charge in [0.25, 0.3) is 0 Å². The molecular formula is C64H73N3O. The summed E-state index contributed by atoms with van der Waals surface area (Å²) in [5, 5.41) is 13.1. The summed E-state index contributed by atoms with van der Waals surface area (Å²) in [5.74, 6) is -4.18. The van der Waals surface area contributed by atoms with Gasteiger partial charge in [-0.15, -0.1) is 0 Å². The van der Waals surface area contributed by atoms with Crippen LogP contribution in [0.4, 0.5) is 0 Å². The first-order valence-corrected chi connectivity index (χ1v) is 22.6. The fourth-order valence-electron chi connectivity index (χ4n) is 8.54. The molecule has 6 aromatic carbocycles. The molecule has 0 radical (unpaired) electrons. The van der Waals surface area contributed by atoms with Gasteiger partial charge in [-0.2, -0.15) is 0 Å². The summed E-state index contributed by atoms with van der Waals surface area (Å²) in [4.78, 5) is 9.88. The van der Waals surface area contributed by atoms with E-state index in [2.05, 4.69) is 0 Å². The predicted molar refractivity (Wildman–Crippen MR) is 291 cm³/mol. The van der Waals surface area contributed by atoms with E-state index in [0.29, 0.717) is 45.1 Å². The zero-order valence-electron chi connectivity index (χ0n) is 63.0. The van der Waals surface area contributed by atoms with Gasteiger partial charge in [0, 0.05) is 54.4 Å². The number of aryl methyl sites for hydroxylation is 1. The number of aromatic nitrogens is 3. The van der Waals surface area contributed by atoms with Crippen molar-refractivity contribution in [3.05, 3.63) is 166 Å². The highest BCUT2D eigenvalue weighted by molar-refractivity contribution is 5.97. The quantitative estimate of drug-likeness (QED) is 0.157. The Morgan fingerprint density at radius 2 is 1.22 bits per heavy atom. The maximum Gasteiger partial charge on any atom is 0.149 e. The third-order valence-electron chi connectivity index (χ3n) is 12.6. The Bertz CT molecular complexity index is 3990. The van der Waals surface area contributed by atoms with Crippen LogP contribution in [0, 0.1) is 6.85 Å². The van der Waals surface area contributed by atoms with Crippen molar-refractivity contribution in [2.75, 3.05) is 0 Å². The Kier molecular flexibility index (Phi) is 7.16. The number of hydrogen-bond donors (Lipinski definition) is 1. The normalized spacial score (nSPS) is 19.2. The van der Waals surface area contributed by atoms with E-state index >= 15 is 0 Å². The second kappa shape index (κ2) is 18.0. The van der Waals surface area contributed by atoms with E-state index in [4.69, 9.17) is 37.4 Å². The number of imidazole rings is 1. The van der Waals surface area contributed by atoms with E-state index < -0.39 is 110 Å². The lowest BCUT2D eigenvalue weighted by Gasteiger charge is -2.27. The number of pyridine rings is 1. The number of fused-ring (bicyclic) bond motifs is 1. The second-order valence-corrected chi connectivity index (χ2v) is 19.7. The highest BCUT2D eigenvalue weighted by atomic mass is 16.3. The van der Waals surface area contributed by atoms with Crippen LogP contribution in [0.1, 0.15) is 192 Å². The molecule has 0 aliphatic carbocycles.